The average molecular weight is 265 g/mol. The van der Waals surface area contributed by atoms with E-state index in [4.69, 9.17) is 0 Å². The van der Waals surface area contributed by atoms with Crippen molar-refractivity contribution in [3.8, 4) is 0 Å². The third-order valence-electron chi connectivity index (χ3n) is 3.42. The molecule has 18 heavy (non-hydrogen) atoms. The normalized spacial score (nSPS) is 22.6. The van der Waals surface area contributed by atoms with Crippen LogP contribution in [0.2, 0.25) is 0 Å². The lowest BCUT2D eigenvalue weighted by molar-refractivity contribution is 0.566. The number of hydrogen-bond donors (Lipinski definition) is 0. The molecule has 2 aromatic rings. The SMILES string of the molecule is Cc1ccc2nnc(CC3CCS(=O)(=O)C3)n2c1. The minimum absolute atomic E-state index is 0.183. The summed E-state index contributed by atoms with van der Waals surface area (Å²) in [6, 6.07) is 3.92. The molecule has 0 spiro atoms. The van der Waals surface area contributed by atoms with Gasteiger partial charge in [0.15, 0.2) is 15.5 Å². The zero-order valence-electron chi connectivity index (χ0n) is 10.2. The maximum absolute atomic E-state index is 11.4. The van der Waals surface area contributed by atoms with E-state index in [9.17, 15) is 8.42 Å². The van der Waals surface area contributed by atoms with Gasteiger partial charge in [0.1, 0.15) is 5.82 Å². The van der Waals surface area contributed by atoms with Gasteiger partial charge < -0.3 is 0 Å². The minimum atomic E-state index is -2.82. The number of hydrogen-bond acceptors (Lipinski definition) is 4. The fraction of sp³-hybridized carbons (Fsp3) is 0.500. The first-order chi connectivity index (χ1) is 8.53. The molecule has 3 heterocycles. The summed E-state index contributed by atoms with van der Waals surface area (Å²) in [5.41, 5.74) is 1.96. The molecule has 0 radical (unpaired) electrons. The summed E-state index contributed by atoms with van der Waals surface area (Å²) in [6.45, 7) is 2.02. The second-order valence-electron chi connectivity index (χ2n) is 5.02. The van der Waals surface area contributed by atoms with Crippen LogP contribution in [0.25, 0.3) is 5.65 Å². The molecule has 1 aliphatic rings. The Morgan fingerprint density at radius 2 is 2.22 bits per heavy atom. The summed E-state index contributed by atoms with van der Waals surface area (Å²) in [4.78, 5) is 0. The smallest absolute Gasteiger partial charge is 0.160 e. The molecule has 0 aliphatic carbocycles. The van der Waals surface area contributed by atoms with E-state index in [0.717, 1.165) is 23.5 Å². The molecule has 6 heteroatoms. The van der Waals surface area contributed by atoms with Gasteiger partial charge in [-0.05, 0) is 30.9 Å². The van der Waals surface area contributed by atoms with Gasteiger partial charge in [0.05, 0.1) is 11.5 Å². The van der Waals surface area contributed by atoms with Gasteiger partial charge in [0, 0.05) is 12.6 Å². The summed E-state index contributed by atoms with van der Waals surface area (Å²) >= 11 is 0. The van der Waals surface area contributed by atoms with E-state index in [-0.39, 0.29) is 11.7 Å². The first-order valence-corrected chi connectivity index (χ1v) is 7.86. The van der Waals surface area contributed by atoms with Crippen LogP contribution in [0.1, 0.15) is 17.8 Å². The lowest BCUT2D eigenvalue weighted by atomic mass is 10.1. The topological polar surface area (TPSA) is 64.3 Å². The Balaban J connectivity index is 1.89. The van der Waals surface area contributed by atoms with Gasteiger partial charge in [-0.1, -0.05) is 6.07 Å². The number of aromatic nitrogens is 3. The molecule has 0 N–H and O–H groups in total. The number of aryl methyl sites for hydroxylation is 1. The van der Waals surface area contributed by atoms with Crippen LogP contribution in [-0.4, -0.2) is 34.5 Å². The van der Waals surface area contributed by atoms with Crippen molar-refractivity contribution in [3.63, 3.8) is 0 Å². The Bertz CT molecular complexity index is 690. The Morgan fingerprint density at radius 3 is 2.94 bits per heavy atom. The second-order valence-corrected chi connectivity index (χ2v) is 7.25. The minimum Gasteiger partial charge on any atom is -0.286 e. The lowest BCUT2D eigenvalue weighted by Crippen LogP contribution is -2.09. The highest BCUT2D eigenvalue weighted by molar-refractivity contribution is 7.91. The molecule has 1 unspecified atom stereocenters. The first-order valence-electron chi connectivity index (χ1n) is 6.04. The second kappa shape index (κ2) is 4.05. The van der Waals surface area contributed by atoms with Gasteiger partial charge in [-0.15, -0.1) is 10.2 Å². The van der Waals surface area contributed by atoms with E-state index in [1.165, 1.54) is 0 Å². The van der Waals surface area contributed by atoms with Gasteiger partial charge in [-0.2, -0.15) is 0 Å². The number of pyridine rings is 1. The Hall–Kier alpha value is -1.43. The van der Waals surface area contributed by atoms with Crippen molar-refractivity contribution in [1.82, 2.24) is 14.6 Å². The standard InChI is InChI=1S/C12H15N3O2S/c1-9-2-3-11-13-14-12(15(11)7-9)6-10-4-5-18(16,17)8-10/h2-3,7,10H,4-6,8H2,1H3. The molecular weight excluding hydrogens is 250 g/mol. The highest BCUT2D eigenvalue weighted by atomic mass is 32.2. The van der Waals surface area contributed by atoms with Gasteiger partial charge in [0.25, 0.3) is 0 Å². The van der Waals surface area contributed by atoms with Crippen molar-refractivity contribution in [2.45, 2.75) is 19.8 Å². The molecule has 0 bridgehead atoms. The molecule has 1 fully saturated rings. The maximum Gasteiger partial charge on any atom is 0.160 e. The fourth-order valence-electron chi connectivity index (χ4n) is 2.47. The highest BCUT2D eigenvalue weighted by Gasteiger charge is 2.29. The number of nitrogens with zero attached hydrogens (tertiary/aromatic N) is 3. The predicted octanol–water partition coefficient (Wildman–Crippen LogP) is 1.01. The van der Waals surface area contributed by atoms with Crippen molar-refractivity contribution in [2.75, 3.05) is 11.5 Å². The van der Waals surface area contributed by atoms with E-state index in [2.05, 4.69) is 10.2 Å². The molecule has 0 amide bonds. The van der Waals surface area contributed by atoms with E-state index >= 15 is 0 Å². The largest absolute Gasteiger partial charge is 0.286 e. The quantitative estimate of drug-likeness (QED) is 0.813. The van der Waals surface area contributed by atoms with Crippen LogP contribution >= 0.6 is 0 Å². The molecule has 0 saturated carbocycles. The Morgan fingerprint density at radius 1 is 1.39 bits per heavy atom. The monoisotopic (exact) mass is 265 g/mol. The van der Waals surface area contributed by atoms with Crippen LogP contribution in [0.5, 0.6) is 0 Å². The van der Waals surface area contributed by atoms with Crippen molar-refractivity contribution in [1.29, 1.82) is 0 Å². The number of sulfone groups is 1. The zero-order chi connectivity index (χ0) is 12.8. The van der Waals surface area contributed by atoms with Gasteiger partial charge in [-0.3, -0.25) is 4.40 Å². The van der Waals surface area contributed by atoms with Crippen LogP contribution in [0, 0.1) is 12.8 Å². The molecular formula is C12H15N3O2S. The summed E-state index contributed by atoms with van der Waals surface area (Å²) in [5.74, 6) is 1.64. The van der Waals surface area contributed by atoms with Crippen molar-refractivity contribution < 1.29 is 8.42 Å². The molecule has 96 valence electrons. The van der Waals surface area contributed by atoms with Crippen LogP contribution < -0.4 is 0 Å². The fourth-order valence-corrected chi connectivity index (χ4v) is 4.34. The van der Waals surface area contributed by atoms with E-state index in [0.29, 0.717) is 12.2 Å². The van der Waals surface area contributed by atoms with Crippen molar-refractivity contribution in [2.24, 2.45) is 5.92 Å². The third-order valence-corrected chi connectivity index (χ3v) is 5.26. The summed E-state index contributed by atoms with van der Waals surface area (Å²) < 4.78 is 24.8. The first kappa shape index (κ1) is 11.6. The van der Waals surface area contributed by atoms with E-state index in [1.54, 1.807) is 0 Å². The summed E-state index contributed by atoms with van der Waals surface area (Å²) in [5, 5.41) is 8.27. The van der Waals surface area contributed by atoms with Crippen LogP contribution in [0.3, 0.4) is 0 Å². The van der Waals surface area contributed by atoms with Crippen LogP contribution in [0.4, 0.5) is 0 Å². The van der Waals surface area contributed by atoms with Gasteiger partial charge in [0.2, 0.25) is 0 Å². The molecule has 5 nitrogen and oxygen atoms in total. The van der Waals surface area contributed by atoms with Gasteiger partial charge >= 0.3 is 0 Å². The van der Waals surface area contributed by atoms with Crippen molar-refractivity contribution >= 4 is 15.5 Å². The summed E-state index contributed by atoms with van der Waals surface area (Å²) in [6.07, 6.45) is 3.42. The van der Waals surface area contributed by atoms with Crippen LogP contribution in [-0.2, 0) is 16.3 Å². The Labute approximate surface area is 106 Å². The third kappa shape index (κ3) is 2.12. The van der Waals surface area contributed by atoms with Gasteiger partial charge in [-0.25, -0.2) is 8.42 Å². The maximum atomic E-state index is 11.4. The molecule has 1 saturated heterocycles. The molecule has 1 aliphatic heterocycles. The highest BCUT2D eigenvalue weighted by Crippen LogP contribution is 2.22. The molecule has 3 rings (SSSR count). The van der Waals surface area contributed by atoms with E-state index < -0.39 is 9.84 Å². The molecule has 1 atom stereocenters. The molecule has 0 aromatic carbocycles. The zero-order valence-corrected chi connectivity index (χ0v) is 11.0. The summed E-state index contributed by atoms with van der Waals surface area (Å²) in [7, 11) is -2.82. The van der Waals surface area contributed by atoms with E-state index in [1.807, 2.05) is 29.7 Å². The average Bonchev–Trinajstić information content (AvgIpc) is 2.84. The molecule has 2 aromatic heterocycles. The lowest BCUT2D eigenvalue weighted by Gasteiger charge is -2.05. The Kier molecular flexibility index (Phi) is 2.62. The number of fused-ring (bicyclic) bond motifs is 1. The van der Waals surface area contributed by atoms with Crippen molar-refractivity contribution in [3.05, 3.63) is 29.7 Å². The number of rotatable bonds is 2. The predicted molar refractivity (Wildman–Crippen MR) is 68.2 cm³/mol. The van der Waals surface area contributed by atoms with Crippen LogP contribution in [0.15, 0.2) is 18.3 Å².